The molecule has 0 aliphatic heterocycles. The number of rotatable bonds is 6. The highest BCUT2D eigenvalue weighted by Gasteiger charge is 2.24. The Bertz CT molecular complexity index is 443. The summed E-state index contributed by atoms with van der Waals surface area (Å²) in [6, 6.07) is 6.43. The second-order valence-corrected chi connectivity index (χ2v) is 5.22. The quantitative estimate of drug-likeness (QED) is 0.624. The molecule has 5 nitrogen and oxygen atoms in total. The molecular weight excluding hydrogens is 243 g/mol. The first-order valence-corrected chi connectivity index (χ1v) is 6.88. The molecule has 17 heavy (non-hydrogen) atoms. The van der Waals surface area contributed by atoms with Gasteiger partial charge in [-0.15, -0.1) is 0 Å². The summed E-state index contributed by atoms with van der Waals surface area (Å²) in [6.45, 7) is 1.69. The second-order valence-electron chi connectivity index (χ2n) is 3.37. The predicted molar refractivity (Wildman–Crippen MR) is 63.6 cm³/mol. The average molecular weight is 258 g/mol. The van der Waals surface area contributed by atoms with Gasteiger partial charge in [0.1, 0.15) is 11.9 Å². The Morgan fingerprint density at radius 3 is 2.76 bits per heavy atom. The van der Waals surface area contributed by atoms with Crippen LogP contribution in [0.25, 0.3) is 0 Å². The Morgan fingerprint density at radius 1 is 1.47 bits per heavy atom. The molecule has 1 aromatic rings. The smallest absolute Gasteiger partial charge is 0.335 e. The summed E-state index contributed by atoms with van der Waals surface area (Å²) in [5.41, 5.74) is 0.332. The molecule has 0 saturated carbocycles. The highest BCUT2D eigenvalue weighted by atomic mass is 31.2. The van der Waals surface area contributed by atoms with E-state index in [2.05, 4.69) is 4.52 Å². The third kappa shape index (κ3) is 4.30. The Hall–Kier alpha value is -1.16. The lowest BCUT2D eigenvalue weighted by Gasteiger charge is -2.10. The molecule has 0 bridgehead atoms. The number of ketones is 1. The van der Waals surface area contributed by atoms with Gasteiger partial charge in [0.05, 0.1) is 13.7 Å². The van der Waals surface area contributed by atoms with Crippen molar-refractivity contribution in [2.24, 2.45) is 0 Å². The maximum atomic E-state index is 11.7. The second kappa shape index (κ2) is 5.96. The van der Waals surface area contributed by atoms with Gasteiger partial charge >= 0.3 is 7.60 Å². The van der Waals surface area contributed by atoms with Gasteiger partial charge in [-0.1, -0.05) is 12.1 Å². The van der Waals surface area contributed by atoms with E-state index in [1.54, 1.807) is 25.1 Å². The van der Waals surface area contributed by atoms with Crippen LogP contribution in [0.4, 0.5) is 0 Å². The number of methoxy groups -OCH3 is 1. The maximum absolute atomic E-state index is 11.7. The van der Waals surface area contributed by atoms with Crippen LogP contribution in [-0.4, -0.2) is 30.6 Å². The van der Waals surface area contributed by atoms with Gasteiger partial charge in [-0.25, -0.2) is 0 Å². The fraction of sp³-hybridized carbons (Fsp3) is 0.364. The van der Waals surface area contributed by atoms with Crippen LogP contribution < -0.4 is 4.74 Å². The van der Waals surface area contributed by atoms with Crippen LogP contribution in [0.3, 0.4) is 0 Å². The summed E-state index contributed by atoms with van der Waals surface area (Å²) in [4.78, 5) is 21.1. The van der Waals surface area contributed by atoms with E-state index in [-0.39, 0.29) is 6.61 Å². The van der Waals surface area contributed by atoms with Gasteiger partial charge in [0.25, 0.3) is 0 Å². The van der Waals surface area contributed by atoms with Crippen molar-refractivity contribution >= 4 is 13.4 Å². The molecule has 0 amide bonds. The molecule has 1 atom stereocenters. The molecular formula is C11H15O5P. The molecule has 94 valence electrons. The number of carbonyl (C=O) groups excluding carboxylic acids is 1. The van der Waals surface area contributed by atoms with E-state index in [0.717, 1.165) is 0 Å². The van der Waals surface area contributed by atoms with Gasteiger partial charge in [0, 0.05) is 5.56 Å². The van der Waals surface area contributed by atoms with Crippen molar-refractivity contribution in [3.63, 3.8) is 0 Å². The number of hydrogen-bond acceptors (Lipinski definition) is 4. The predicted octanol–water partition coefficient (Wildman–Crippen LogP) is 2.10. The van der Waals surface area contributed by atoms with Crippen molar-refractivity contribution in [3.05, 3.63) is 29.8 Å². The van der Waals surface area contributed by atoms with E-state index in [4.69, 9.17) is 4.74 Å². The minimum absolute atomic E-state index is 0.0964. The van der Waals surface area contributed by atoms with Crippen LogP contribution >= 0.6 is 7.60 Å². The van der Waals surface area contributed by atoms with Crippen molar-refractivity contribution < 1.29 is 23.5 Å². The molecule has 0 radical (unpaired) electrons. The molecule has 0 spiro atoms. The first kappa shape index (κ1) is 13.9. The van der Waals surface area contributed by atoms with Crippen molar-refractivity contribution in [2.45, 2.75) is 6.92 Å². The number of hydrogen-bond donors (Lipinski definition) is 1. The molecule has 0 fully saturated rings. The van der Waals surface area contributed by atoms with Gasteiger partial charge < -0.3 is 14.2 Å². The lowest BCUT2D eigenvalue weighted by Crippen LogP contribution is -2.08. The summed E-state index contributed by atoms with van der Waals surface area (Å²) < 4.78 is 21.0. The van der Waals surface area contributed by atoms with Crippen molar-refractivity contribution in [2.75, 3.05) is 19.9 Å². The van der Waals surface area contributed by atoms with E-state index < -0.39 is 19.5 Å². The molecule has 1 rings (SSSR count). The first-order chi connectivity index (χ1) is 7.98. The van der Waals surface area contributed by atoms with Crippen LogP contribution in [0.1, 0.15) is 17.3 Å². The van der Waals surface area contributed by atoms with Crippen molar-refractivity contribution in [1.29, 1.82) is 0 Å². The number of ether oxygens (including phenoxy) is 1. The Labute approximate surface area is 99.9 Å². The van der Waals surface area contributed by atoms with E-state index in [0.29, 0.717) is 11.3 Å². The summed E-state index contributed by atoms with van der Waals surface area (Å²) in [7, 11) is -2.34. The summed E-state index contributed by atoms with van der Waals surface area (Å²) >= 11 is 0. The summed E-state index contributed by atoms with van der Waals surface area (Å²) in [5.74, 6) is 0.0863. The number of carbonyl (C=O) groups is 1. The Kier molecular flexibility index (Phi) is 4.87. The molecule has 1 unspecified atom stereocenters. The lowest BCUT2D eigenvalue weighted by molar-refractivity contribution is 0.101. The van der Waals surface area contributed by atoms with Gasteiger partial charge in [-0.05, 0) is 19.1 Å². The zero-order valence-corrected chi connectivity index (χ0v) is 10.6. The third-order valence-corrected chi connectivity index (χ3v) is 3.41. The van der Waals surface area contributed by atoms with Gasteiger partial charge in [0.15, 0.2) is 5.78 Å². The minimum atomic E-state index is -3.83. The fourth-order valence-electron chi connectivity index (χ4n) is 1.32. The molecule has 1 aromatic carbocycles. The van der Waals surface area contributed by atoms with E-state index in [1.165, 1.54) is 13.2 Å². The van der Waals surface area contributed by atoms with Crippen molar-refractivity contribution in [1.82, 2.24) is 0 Å². The SMILES string of the molecule is CCOP(=O)(O)CC(=O)c1cccc(OC)c1. The zero-order chi connectivity index (χ0) is 12.9. The van der Waals surface area contributed by atoms with Crippen molar-refractivity contribution in [3.8, 4) is 5.75 Å². The zero-order valence-electron chi connectivity index (χ0n) is 9.75. The van der Waals surface area contributed by atoms with Crippen LogP contribution in [-0.2, 0) is 9.09 Å². The fourth-order valence-corrected chi connectivity index (χ4v) is 2.36. The van der Waals surface area contributed by atoms with Crippen LogP contribution in [0.2, 0.25) is 0 Å². The van der Waals surface area contributed by atoms with Gasteiger partial charge in [-0.2, -0.15) is 0 Å². The molecule has 6 heteroatoms. The van der Waals surface area contributed by atoms with E-state index in [1.807, 2.05) is 0 Å². The molecule has 0 aromatic heterocycles. The molecule has 0 aliphatic carbocycles. The highest BCUT2D eigenvalue weighted by Crippen LogP contribution is 2.42. The average Bonchev–Trinajstić information content (AvgIpc) is 2.28. The molecule has 0 aliphatic rings. The highest BCUT2D eigenvalue weighted by molar-refractivity contribution is 7.53. The van der Waals surface area contributed by atoms with Crippen LogP contribution in [0.5, 0.6) is 5.75 Å². The lowest BCUT2D eigenvalue weighted by atomic mass is 10.1. The van der Waals surface area contributed by atoms with Crippen LogP contribution in [0.15, 0.2) is 24.3 Å². The Balaban J connectivity index is 2.79. The van der Waals surface area contributed by atoms with Gasteiger partial charge in [0.2, 0.25) is 0 Å². The number of Topliss-reactive ketones (excluding diaryl/α,β-unsaturated/α-hetero) is 1. The monoisotopic (exact) mass is 258 g/mol. The molecule has 0 heterocycles. The summed E-state index contributed by atoms with van der Waals surface area (Å²) in [5, 5.41) is 0. The van der Waals surface area contributed by atoms with E-state index >= 15 is 0 Å². The van der Waals surface area contributed by atoms with Crippen LogP contribution in [0, 0.1) is 0 Å². The first-order valence-electron chi connectivity index (χ1n) is 5.12. The van der Waals surface area contributed by atoms with Gasteiger partial charge in [-0.3, -0.25) is 9.36 Å². The topological polar surface area (TPSA) is 72.8 Å². The third-order valence-electron chi connectivity index (χ3n) is 2.07. The minimum Gasteiger partial charge on any atom is -0.497 e. The van der Waals surface area contributed by atoms with E-state index in [9.17, 15) is 14.3 Å². The standard InChI is InChI=1S/C11H15O5P/c1-3-16-17(13,14)8-11(12)9-5-4-6-10(7-9)15-2/h4-7H,3,8H2,1-2H3,(H,13,14). The molecule has 1 N–H and O–H groups in total. The normalized spacial score (nSPS) is 14.1. The largest absolute Gasteiger partial charge is 0.497 e. The Morgan fingerprint density at radius 2 is 2.18 bits per heavy atom. The molecule has 0 saturated heterocycles. The number of benzene rings is 1. The summed E-state index contributed by atoms with van der Waals surface area (Å²) in [6.07, 6.45) is -0.520. The maximum Gasteiger partial charge on any atom is 0.335 e.